The molecule has 1 aliphatic rings. The molecule has 0 radical (unpaired) electrons. The van der Waals surface area contributed by atoms with Gasteiger partial charge in [-0.15, -0.1) is 6.58 Å². The maximum Gasteiger partial charge on any atom is 0.338 e. The first kappa shape index (κ1) is 29.1. The third-order valence-corrected chi connectivity index (χ3v) is 7.74. The van der Waals surface area contributed by atoms with Crippen molar-refractivity contribution in [3.63, 3.8) is 0 Å². The third kappa shape index (κ3) is 5.68. The molecule has 1 aliphatic heterocycles. The Balaban J connectivity index is 1.93. The van der Waals surface area contributed by atoms with Gasteiger partial charge in [0, 0.05) is 5.56 Å². The average Bonchev–Trinajstić information content (AvgIpc) is 3.22. The predicted molar refractivity (Wildman–Crippen MR) is 159 cm³/mol. The molecule has 0 saturated heterocycles. The lowest BCUT2D eigenvalue weighted by Gasteiger charge is -2.25. The molecule has 1 unspecified atom stereocenters. The van der Waals surface area contributed by atoms with E-state index in [-0.39, 0.29) is 12.2 Å². The summed E-state index contributed by atoms with van der Waals surface area (Å²) in [4.78, 5) is 32.4. The van der Waals surface area contributed by atoms with Crippen LogP contribution < -0.4 is 24.4 Å². The number of rotatable bonds is 10. The van der Waals surface area contributed by atoms with Gasteiger partial charge in [-0.3, -0.25) is 9.36 Å². The van der Waals surface area contributed by atoms with E-state index < -0.39 is 12.0 Å². The first-order valence-electron chi connectivity index (χ1n) is 13.5. The molecule has 1 atom stereocenters. The molecule has 0 amide bonds. The number of methoxy groups -OCH3 is 1. The van der Waals surface area contributed by atoms with Crippen LogP contribution in [0.3, 0.4) is 0 Å². The van der Waals surface area contributed by atoms with Crippen LogP contribution in [-0.2, 0) is 16.0 Å². The summed E-state index contributed by atoms with van der Waals surface area (Å²) in [5.74, 6) is 1.14. The smallest absolute Gasteiger partial charge is 0.338 e. The lowest BCUT2D eigenvalue weighted by molar-refractivity contribution is -0.139. The number of thiazole rings is 1. The van der Waals surface area contributed by atoms with Crippen molar-refractivity contribution in [2.75, 3.05) is 20.3 Å². The third-order valence-electron chi connectivity index (χ3n) is 6.76. The molecule has 7 nitrogen and oxygen atoms in total. The van der Waals surface area contributed by atoms with Crippen LogP contribution in [0.25, 0.3) is 6.08 Å². The normalized spacial score (nSPS) is 15.1. The van der Waals surface area contributed by atoms with Gasteiger partial charge in [-0.2, -0.15) is 0 Å². The number of nitrogens with zero attached hydrogens (tertiary/aromatic N) is 2. The summed E-state index contributed by atoms with van der Waals surface area (Å²) in [6.07, 6.45) is 4.22. The second kappa shape index (κ2) is 12.5. The van der Waals surface area contributed by atoms with Crippen molar-refractivity contribution in [3.8, 4) is 11.5 Å². The molecule has 0 spiro atoms. The molecular weight excluding hydrogens is 524 g/mol. The Kier molecular flexibility index (Phi) is 9.10. The van der Waals surface area contributed by atoms with E-state index >= 15 is 0 Å². The molecule has 3 aromatic rings. The number of carbonyl (C=O) groups excluding carboxylic acids is 1. The van der Waals surface area contributed by atoms with E-state index in [4.69, 9.17) is 14.2 Å². The Hall–Kier alpha value is -3.91. The van der Waals surface area contributed by atoms with E-state index in [9.17, 15) is 9.59 Å². The minimum absolute atomic E-state index is 0.227. The van der Waals surface area contributed by atoms with Crippen molar-refractivity contribution in [1.29, 1.82) is 0 Å². The highest BCUT2D eigenvalue weighted by Gasteiger charge is 2.33. The van der Waals surface area contributed by atoms with Crippen molar-refractivity contribution in [3.05, 3.63) is 102 Å². The van der Waals surface area contributed by atoms with Crippen LogP contribution in [0.2, 0.25) is 0 Å². The minimum Gasteiger partial charge on any atom is -0.493 e. The number of fused-ring (bicyclic) bond motifs is 1. The molecule has 210 valence electrons. The van der Waals surface area contributed by atoms with Gasteiger partial charge < -0.3 is 14.2 Å². The van der Waals surface area contributed by atoms with Crippen molar-refractivity contribution in [2.45, 2.75) is 53.0 Å². The van der Waals surface area contributed by atoms with Gasteiger partial charge in [-0.05, 0) is 68.0 Å². The summed E-state index contributed by atoms with van der Waals surface area (Å²) in [6, 6.07) is 11.2. The van der Waals surface area contributed by atoms with Crippen molar-refractivity contribution >= 4 is 23.4 Å². The number of hydrogen-bond donors (Lipinski definition) is 0. The molecule has 0 aliphatic carbocycles. The summed E-state index contributed by atoms with van der Waals surface area (Å²) in [6.45, 7) is 14.3. The van der Waals surface area contributed by atoms with Gasteiger partial charge in [0.25, 0.3) is 5.56 Å². The number of benzene rings is 2. The Labute approximate surface area is 238 Å². The molecule has 4 rings (SSSR count). The monoisotopic (exact) mass is 560 g/mol. The number of allylic oxidation sites excluding steroid dienone is 2. The van der Waals surface area contributed by atoms with E-state index in [0.29, 0.717) is 51.0 Å². The van der Waals surface area contributed by atoms with Gasteiger partial charge in [0.1, 0.15) is 0 Å². The quantitative estimate of drug-likeness (QED) is 0.256. The van der Waals surface area contributed by atoms with Crippen LogP contribution in [0.5, 0.6) is 11.5 Å². The first-order valence-corrected chi connectivity index (χ1v) is 14.3. The largest absolute Gasteiger partial charge is 0.493 e. The van der Waals surface area contributed by atoms with Gasteiger partial charge in [-0.25, -0.2) is 9.79 Å². The Bertz CT molecular complexity index is 1630. The molecule has 8 heteroatoms. The number of carbonyl (C=O) groups is 1. The molecule has 0 bridgehead atoms. The highest BCUT2D eigenvalue weighted by atomic mass is 32.1. The molecule has 2 heterocycles. The average molecular weight is 561 g/mol. The Morgan fingerprint density at radius 3 is 2.50 bits per heavy atom. The van der Waals surface area contributed by atoms with Crippen molar-refractivity contribution in [2.24, 2.45) is 4.99 Å². The van der Waals surface area contributed by atoms with E-state index in [1.165, 1.54) is 16.9 Å². The maximum absolute atomic E-state index is 14.0. The van der Waals surface area contributed by atoms with E-state index in [1.54, 1.807) is 31.6 Å². The summed E-state index contributed by atoms with van der Waals surface area (Å²) in [5.41, 5.74) is 4.39. The SMILES string of the molecule is C=CCc1cc(/C=c2/sc3n(c2=O)C(c2ccc(C(C)C)cc2)C(C(=O)OCC)=C(C)N=3)cc(OCC)c1OC. The zero-order valence-electron chi connectivity index (χ0n) is 23.9. The fourth-order valence-electron chi connectivity index (χ4n) is 4.89. The van der Waals surface area contributed by atoms with E-state index in [1.807, 2.05) is 49.4 Å². The zero-order valence-corrected chi connectivity index (χ0v) is 24.8. The molecule has 0 N–H and O–H groups in total. The summed E-state index contributed by atoms with van der Waals surface area (Å²) >= 11 is 1.29. The number of aromatic nitrogens is 1. The Morgan fingerprint density at radius 1 is 1.18 bits per heavy atom. The van der Waals surface area contributed by atoms with Gasteiger partial charge >= 0.3 is 5.97 Å². The van der Waals surface area contributed by atoms with Crippen LogP contribution >= 0.6 is 11.3 Å². The second-order valence-corrected chi connectivity index (χ2v) is 10.8. The first-order chi connectivity index (χ1) is 19.2. The zero-order chi connectivity index (χ0) is 29.0. The van der Waals surface area contributed by atoms with Gasteiger partial charge in [0.15, 0.2) is 16.3 Å². The lowest BCUT2D eigenvalue weighted by Crippen LogP contribution is -2.39. The number of ether oxygens (including phenoxy) is 3. The van der Waals surface area contributed by atoms with Crippen LogP contribution in [0.15, 0.2) is 70.1 Å². The van der Waals surface area contributed by atoms with Gasteiger partial charge in [0.2, 0.25) is 0 Å². The highest BCUT2D eigenvalue weighted by molar-refractivity contribution is 7.07. The van der Waals surface area contributed by atoms with E-state index in [0.717, 1.165) is 16.7 Å². The Morgan fingerprint density at radius 2 is 1.90 bits per heavy atom. The summed E-state index contributed by atoms with van der Waals surface area (Å²) in [7, 11) is 1.61. The van der Waals surface area contributed by atoms with Crippen molar-refractivity contribution < 1.29 is 19.0 Å². The molecule has 1 aromatic heterocycles. The minimum atomic E-state index is -0.648. The second-order valence-electron chi connectivity index (χ2n) is 9.76. The van der Waals surface area contributed by atoms with Gasteiger partial charge in [-0.1, -0.05) is 55.5 Å². The standard InChI is InChI=1S/C32H36N2O5S/c1-8-11-24-16-21(17-25(38-9-2)29(24)37-7)18-26-30(35)34-28(23-14-12-22(13-15-23)19(4)5)27(31(36)39-10-3)20(6)33-32(34)40-26/h8,12-19,28H,1,9-11H2,2-7H3/b26-18+. The maximum atomic E-state index is 14.0. The fraction of sp³-hybridized carbons (Fsp3) is 0.344. The van der Waals surface area contributed by atoms with E-state index in [2.05, 4.69) is 25.4 Å². The topological polar surface area (TPSA) is 79.1 Å². The van der Waals surface area contributed by atoms with Crippen LogP contribution in [0, 0.1) is 0 Å². The molecule has 0 saturated carbocycles. The predicted octanol–water partition coefficient (Wildman–Crippen LogP) is 5.06. The molecule has 0 fully saturated rings. The van der Waals surface area contributed by atoms with Crippen molar-refractivity contribution in [1.82, 2.24) is 4.57 Å². The summed E-state index contributed by atoms with van der Waals surface area (Å²) in [5, 5.41) is 0. The van der Waals surface area contributed by atoms with Crippen LogP contribution in [-0.4, -0.2) is 30.9 Å². The van der Waals surface area contributed by atoms with Crippen LogP contribution in [0.1, 0.15) is 68.8 Å². The molecule has 40 heavy (non-hydrogen) atoms. The molecule has 2 aromatic carbocycles. The number of hydrogen-bond acceptors (Lipinski definition) is 7. The molecular formula is C32H36N2O5S. The fourth-order valence-corrected chi connectivity index (χ4v) is 5.94. The van der Waals surface area contributed by atoms with Crippen LogP contribution in [0.4, 0.5) is 0 Å². The lowest BCUT2D eigenvalue weighted by atomic mass is 9.93. The highest BCUT2D eigenvalue weighted by Crippen LogP contribution is 2.34. The summed E-state index contributed by atoms with van der Waals surface area (Å²) < 4.78 is 19.0. The van der Waals surface area contributed by atoms with Gasteiger partial charge in [0.05, 0.1) is 42.2 Å². The number of esters is 1.